The van der Waals surface area contributed by atoms with Crippen molar-refractivity contribution < 1.29 is 17.9 Å². The standard InChI is InChI=1S/C17H15F3N8O/c1-8-4-9(2-3-11(8)21)7-28-15-14(26-27-28)13(24-16(22)25-15)12-5-10(6-23-12)29-17(18,19)20/h2-6,23H,7,21H2,1H3,(H2,22,24,25). The molecular formula is C17H15F3N8O. The fraction of sp³-hybridized carbons (Fsp3) is 0.176. The number of H-pyrrole nitrogens is 1. The molecule has 0 spiro atoms. The molecule has 0 bridgehead atoms. The summed E-state index contributed by atoms with van der Waals surface area (Å²) < 4.78 is 42.7. The number of alkyl halides is 3. The first kappa shape index (κ1) is 18.5. The van der Waals surface area contributed by atoms with E-state index in [4.69, 9.17) is 11.5 Å². The van der Waals surface area contributed by atoms with Crippen molar-refractivity contribution in [2.75, 3.05) is 11.5 Å². The zero-order chi connectivity index (χ0) is 20.8. The van der Waals surface area contributed by atoms with Crippen LogP contribution >= 0.6 is 0 Å². The van der Waals surface area contributed by atoms with Crippen LogP contribution in [0.15, 0.2) is 30.5 Å². The van der Waals surface area contributed by atoms with Crippen LogP contribution in [-0.4, -0.2) is 36.3 Å². The third-order valence-electron chi connectivity index (χ3n) is 4.19. The van der Waals surface area contributed by atoms with Gasteiger partial charge in [0.15, 0.2) is 11.2 Å². The van der Waals surface area contributed by atoms with Crippen molar-refractivity contribution in [2.24, 2.45) is 0 Å². The summed E-state index contributed by atoms with van der Waals surface area (Å²) in [5, 5.41) is 8.17. The molecular weight excluding hydrogens is 389 g/mol. The molecule has 0 aliphatic rings. The summed E-state index contributed by atoms with van der Waals surface area (Å²) in [5.41, 5.74) is 15.2. The van der Waals surface area contributed by atoms with Gasteiger partial charge in [-0.2, -0.15) is 4.98 Å². The molecule has 0 fully saturated rings. The molecule has 4 aromatic rings. The molecule has 3 heterocycles. The van der Waals surface area contributed by atoms with Crippen LogP contribution in [0.4, 0.5) is 24.8 Å². The predicted octanol–water partition coefficient (Wildman–Crippen LogP) is 2.64. The number of nitrogens with two attached hydrogens (primary N) is 2. The molecule has 4 rings (SSSR count). The minimum absolute atomic E-state index is 0.0718. The second kappa shape index (κ2) is 6.65. The van der Waals surface area contributed by atoms with Crippen molar-refractivity contribution in [3.63, 3.8) is 0 Å². The van der Waals surface area contributed by atoms with Crippen LogP contribution in [-0.2, 0) is 6.54 Å². The molecule has 150 valence electrons. The Labute approximate surface area is 161 Å². The summed E-state index contributed by atoms with van der Waals surface area (Å²) in [6.07, 6.45) is -3.74. The van der Waals surface area contributed by atoms with Crippen LogP contribution in [0.1, 0.15) is 11.1 Å². The van der Waals surface area contributed by atoms with Crippen LogP contribution in [0.5, 0.6) is 5.75 Å². The molecule has 0 aliphatic heterocycles. The zero-order valence-electron chi connectivity index (χ0n) is 15.0. The number of halogens is 3. The molecule has 12 heteroatoms. The summed E-state index contributed by atoms with van der Waals surface area (Å²) in [6, 6.07) is 6.71. The fourth-order valence-corrected chi connectivity index (χ4v) is 2.88. The number of nitrogens with one attached hydrogen (secondary N) is 1. The smallest absolute Gasteiger partial charge is 0.404 e. The number of fused-ring (bicyclic) bond motifs is 1. The minimum atomic E-state index is -4.81. The van der Waals surface area contributed by atoms with Gasteiger partial charge in [-0.3, -0.25) is 0 Å². The molecule has 0 atom stereocenters. The lowest BCUT2D eigenvalue weighted by atomic mass is 10.1. The van der Waals surface area contributed by atoms with E-state index < -0.39 is 12.1 Å². The quantitative estimate of drug-likeness (QED) is 0.445. The minimum Gasteiger partial charge on any atom is -0.404 e. The van der Waals surface area contributed by atoms with E-state index in [1.165, 1.54) is 4.68 Å². The van der Waals surface area contributed by atoms with E-state index in [9.17, 15) is 13.2 Å². The number of rotatable bonds is 4. The molecule has 0 aliphatic carbocycles. The van der Waals surface area contributed by atoms with E-state index in [2.05, 4.69) is 30.0 Å². The van der Waals surface area contributed by atoms with Gasteiger partial charge in [0.05, 0.1) is 12.2 Å². The van der Waals surface area contributed by atoms with E-state index in [1.54, 1.807) is 6.07 Å². The SMILES string of the molecule is Cc1cc(Cn2nnc3c(-c4cc(OC(F)(F)F)c[nH]4)nc(N)nc32)ccc1N. The molecule has 1 aromatic carbocycles. The fourth-order valence-electron chi connectivity index (χ4n) is 2.88. The summed E-state index contributed by atoms with van der Waals surface area (Å²) >= 11 is 0. The first-order valence-electron chi connectivity index (χ1n) is 8.36. The van der Waals surface area contributed by atoms with E-state index in [-0.39, 0.29) is 22.9 Å². The average molecular weight is 404 g/mol. The normalized spacial score (nSPS) is 11.9. The maximum Gasteiger partial charge on any atom is 0.573 e. The number of hydrogen-bond acceptors (Lipinski definition) is 7. The lowest BCUT2D eigenvalue weighted by molar-refractivity contribution is -0.274. The number of aromatic nitrogens is 6. The van der Waals surface area contributed by atoms with Gasteiger partial charge in [-0.1, -0.05) is 17.3 Å². The lowest BCUT2D eigenvalue weighted by Crippen LogP contribution is -2.16. The maximum absolute atomic E-state index is 12.4. The molecule has 0 saturated carbocycles. The molecule has 9 nitrogen and oxygen atoms in total. The van der Waals surface area contributed by atoms with E-state index in [1.807, 2.05) is 19.1 Å². The Kier molecular flexibility index (Phi) is 4.25. The van der Waals surface area contributed by atoms with Gasteiger partial charge < -0.3 is 21.2 Å². The Morgan fingerprint density at radius 2 is 1.97 bits per heavy atom. The second-order valence-corrected chi connectivity index (χ2v) is 6.34. The molecule has 0 radical (unpaired) electrons. The molecule has 0 unspecified atom stereocenters. The monoisotopic (exact) mass is 404 g/mol. The highest BCUT2D eigenvalue weighted by molar-refractivity contribution is 5.86. The third kappa shape index (κ3) is 3.77. The average Bonchev–Trinajstić information content (AvgIpc) is 3.23. The Morgan fingerprint density at radius 3 is 2.69 bits per heavy atom. The van der Waals surface area contributed by atoms with Gasteiger partial charge in [0.1, 0.15) is 11.4 Å². The van der Waals surface area contributed by atoms with Gasteiger partial charge in [-0.05, 0) is 24.1 Å². The number of nitrogen functional groups attached to an aromatic ring is 2. The Hall–Kier alpha value is -3.83. The Bertz CT molecular complexity index is 1200. The van der Waals surface area contributed by atoms with Crippen molar-refractivity contribution in [2.45, 2.75) is 19.8 Å². The summed E-state index contributed by atoms with van der Waals surface area (Å²) in [7, 11) is 0. The van der Waals surface area contributed by atoms with Crippen molar-refractivity contribution in [1.82, 2.24) is 29.9 Å². The topological polar surface area (TPSA) is 134 Å². The second-order valence-electron chi connectivity index (χ2n) is 6.34. The highest BCUT2D eigenvalue weighted by Crippen LogP contribution is 2.30. The van der Waals surface area contributed by atoms with Crippen molar-refractivity contribution >= 4 is 22.8 Å². The zero-order valence-corrected chi connectivity index (χ0v) is 15.0. The first-order valence-corrected chi connectivity index (χ1v) is 8.36. The van der Waals surface area contributed by atoms with Gasteiger partial charge in [-0.15, -0.1) is 18.3 Å². The summed E-state index contributed by atoms with van der Waals surface area (Å²) in [6.45, 7) is 2.24. The Balaban J connectivity index is 1.73. The van der Waals surface area contributed by atoms with Gasteiger partial charge in [0, 0.05) is 18.0 Å². The van der Waals surface area contributed by atoms with Crippen LogP contribution in [0, 0.1) is 6.92 Å². The number of nitrogens with zero attached hydrogens (tertiary/aromatic N) is 5. The number of ether oxygens (including phenoxy) is 1. The van der Waals surface area contributed by atoms with Crippen molar-refractivity contribution in [1.29, 1.82) is 0 Å². The lowest BCUT2D eigenvalue weighted by Gasteiger charge is -2.06. The van der Waals surface area contributed by atoms with Gasteiger partial charge in [-0.25, -0.2) is 9.67 Å². The van der Waals surface area contributed by atoms with E-state index >= 15 is 0 Å². The number of benzene rings is 1. The number of anilines is 2. The number of hydrogen-bond donors (Lipinski definition) is 3. The predicted molar refractivity (Wildman–Crippen MR) is 98.7 cm³/mol. The van der Waals surface area contributed by atoms with Gasteiger partial charge >= 0.3 is 6.36 Å². The van der Waals surface area contributed by atoms with E-state index in [0.717, 1.165) is 23.4 Å². The molecule has 0 saturated heterocycles. The Morgan fingerprint density at radius 1 is 1.17 bits per heavy atom. The molecule has 29 heavy (non-hydrogen) atoms. The maximum atomic E-state index is 12.4. The van der Waals surface area contributed by atoms with Crippen LogP contribution in [0.2, 0.25) is 0 Å². The van der Waals surface area contributed by atoms with E-state index in [0.29, 0.717) is 17.9 Å². The van der Waals surface area contributed by atoms with Crippen LogP contribution in [0.25, 0.3) is 22.6 Å². The largest absolute Gasteiger partial charge is 0.573 e. The highest BCUT2D eigenvalue weighted by atomic mass is 19.4. The van der Waals surface area contributed by atoms with Crippen LogP contribution < -0.4 is 16.2 Å². The molecule has 0 amide bonds. The molecule has 5 N–H and O–H groups in total. The third-order valence-corrected chi connectivity index (χ3v) is 4.19. The summed E-state index contributed by atoms with van der Waals surface area (Å²) in [5.74, 6) is -0.486. The first-order chi connectivity index (χ1) is 13.7. The number of aryl methyl sites for hydroxylation is 1. The van der Waals surface area contributed by atoms with Gasteiger partial charge in [0.25, 0.3) is 0 Å². The number of aromatic amines is 1. The van der Waals surface area contributed by atoms with Crippen molar-refractivity contribution in [3.05, 3.63) is 41.6 Å². The highest BCUT2D eigenvalue weighted by Gasteiger charge is 2.31. The van der Waals surface area contributed by atoms with Gasteiger partial charge in [0.2, 0.25) is 5.95 Å². The van der Waals surface area contributed by atoms with Crippen molar-refractivity contribution in [3.8, 4) is 17.1 Å². The van der Waals surface area contributed by atoms with Crippen LogP contribution in [0.3, 0.4) is 0 Å². The summed E-state index contributed by atoms with van der Waals surface area (Å²) in [4.78, 5) is 10.9. The molecule has 3 aromatic heterocycles.